The number of carbonyl (C=O) groups is 3. The van der Waals surface area contributed by atoms with Crippen molar-refractivity contribution in [1.82, 2.24) is 0 Å². The van der Waals surface area contributed by atoms with Gasteiger partial charge in [0.25, 0.3) is 0 Å². The van der Waals surface area contributed by atoms with Crippen molar-refractivity contribution in [2.45, 2.75) is 290 Å². The van der Waals surface area contributed by atoms with Crippen LogP contribution in [0.1, 0.15) is 284 Å². The second-order valence-electron chi connectivity index (χ2n) is 18.8. The Kier molecular flexibility index (Phi) is 52.3. The minimum atomic E-state index is -0.787. The molecule has 0 N–H and O–H groups in total. The van der Waals surface area contributed by atoms with Gasteiger partial charge < -0.3 is 14.2 Å². The first kappa shape index (κ1) is 63.1. The van der Waals surface area contributed by atoms with Crippen LogP contribution in [0, 0.1) is 0 Å². The molecule has 0 bridgehead atoms. The molecule has 0 aromatic rings. The average molecular weight is 924 g/mol. The number of rotatable bonds is 51. The highest BCUT2D eigenvalue weighted by Gasteiger charge is 2.19. The summed E-state index contributed by atoms with van der Waals surface area (Å²) in [7, 11) is 0. The molecule has 0 spiro atoms. The number of esters is 3. The monoisotopic (exact) mass is 923 g/mol. The lowest BCUT2D eigenvalue weighted by Crippen LogP contribution is -2.30. The van der Waals surface area contributed by atoms with Gasteiger partial charge in [-0.25, -0.2) is 0 Å². The predicted octanol–water partition coefficient (Wildman–Crippen LogP) is 18.8. The van der Waals surface area contributed by atoms with Gasteiger partial charge in [0.2, 0.25) is 0 Å². The quantitative estimate of drug-likeness (QED) is 0.0262. The Bertz CT molecular complexity index is 1200. The minimum absolute atomic E-state index is 0.0857. The fourth-order valence-electron chi connectivity index (χ4n) is 7.91. The average Bonchev–Trinajstić information content (AvgIpc) is 3.31. The van der Waals surface area contributed by atoms with Gasteiger partial charge in [-0.2, -0.15) is 0 Å². The Morgan fingerprint density at radius 2 is 0.545 bits per heavy atom. The fraction of sp³-hybridized carbons (Fsp3) is 0.783. The number of unbranched alkanes of at least 4 members (excludes halogenated alkanes) is 30. The van der Waals surface area contributed by atoms with Crippen molar-refractivity contribution in [1.29, 1.82) is 0 Å². The van der Waals surface area contributed by atoms with E-state index in [1.165, 1.54) is 148 Å². The Morgan fingerprint density at radius 1 is 0.303 bits per heavy atom. The van der Waals surface area contributed by atoms with Crippen molar-refractivity contribution >= 4 is 17.9 Å². The molecular formula is C60H106O6. The van der Waals surface area contributed by atoms with E-state index in [-0.39, 0.29) is 31.1 Å². The van der Waals surface area contributed by atoms with Crippen LogP contribution in [0.25, 0.3) is 0 Å². The third kappa shape index (κ3) is 52.1. The molecule has 0 fully saturated rings. The first-order valence-electron chi connectivity index (χ1n) is 28.3. The predicted molar refractivity (Wildman–Crippen MR) is 284 cm³/mol. The maximum atomic E-state index is 12.8. The van der Waals surface area contributed by atoms with Crippen LogP contribution in [0.15, 0.2) is 60.8 Å². The molecule has 0 rings (SSSR count). The molecule has 0 aromatic heterocycles. The number of hydrogen-bond acceptors (Lipinski definition) is 6. The zero-order valence-electron chi connectivity index (χ0n) is 43.7. The minimum Gasteiger partial charge on any atom is -0.462 e. The normalized spacial score (nSPS) is 12.5. The zero-order chi connectivity index (χ0) is 47.9. The van der Waals surface area contributed by atoms with E-state index in [0.717, 1.165) is 96.3 Å². The first-order valence-corrected chi connectivity index (χ1v) is 28.3. The van der Waals surface area contributed by atoms with Crippen molar-refractivity contribution in [3.8, 4) is 0 Å². The van der Waals surface area contributed by atoms with E-state index in [1.807, 2.05) is 0 Å². The van der Waals surface area contributed by atoms with E-state index in [9.17, 15) is 14.4 Å². The Labute approximate surface area is 409 Å². The highest BCUT2D eigenvalue weighted by Crippen LogP contribution is 2.14. The summed E-state index contributed by atoms with van der Waals surface area (Å²) in [5.74, 6) is -0.908. The lowest BCUT2D eigenvalue weighted by molar-refractivity contribution is -0.167. The van der Waals surface area contributed by atoms with E-state index in [2.05, 4.69) is 81.5 Å². The first-order chi connectivity index (χ1) is 32.5. The summed E-state index contributed by atoms with van der Waals surface area (Å²) in [6.45, 7) is 6.59. The van der Waals surface area contributed by atoms with Gasteiger partial charge in [0.15, 0.2) is 6.10 Å². The van der Waals surface area contributed by atoms with Crippen molar-refractivity contribution in [2.75, 3.05) is 13.2 Å². The van der Waals surface area contributed by atoms with Gasteiger partial charge in [0, 0.05) is 19.3 Å². The van der Waals surface area contributed by atoms with Crippen LogP contribution in [0.4, 0.5) is 0 Å². The fourth-order valence-corrected chi connectivity index (χ4v) is 7.91. The Hall–Kier alpha value is -2.89. The molecule has 1 unspecified atom stereocenters. The van der Waals surface area contributed by atoms with Crippen LogP contribution in [-0.4, -0.2) is 37.2 Å². The third-order valence-corrected chi connectivity index (χ3v) is 12.2. The standard InChI is InChI=1S/C60H106O6/c1-4-7-10-13-16-19-22-25-27-28-29-30-31-32-34-35-38-41-44-47-50-53-59(62)65-56-57(55-64-58(61)52-49-46-43-40-37-24-21-18-15-12-9-6-3)66-60(63)54-51-48-45-42-39-36-33-26-23-20-17-14-11-8-5-2/h18,21-22,25-26,28-29,31-33,57H,4-17,19-20,23-24,27,30,34-56H2,1-3H3/b21-18-,25-22-,29-28-,32-31-,33-26-. The number of ether oxygens (including phenoxy) is 3. The largest absolute Gasteiger partial charge is 0.462 e. The highest BCUT2D eigenvalue weighted by molar-refractivity contribution is 5.71. The molecule has 0 aliphatic carbocycles. The molecule has 1 atom stereocenters. The van der Waals surface area contributed by atoms with Gasteiger partial charge >= 0.3 is 17.9 Å². The smallest absolute Gasteiger partial charge is 0.306 e. The third-order valence-electron chi connectivity index (χ3n) is 12.2. The van der Waals surface area contributed by atoms with Gasteiger partial charge in [-0.3, -0.25) is 14.4 Å². The van der Waals surface area contributed by atoms with Crippen LogP contribution in [-0.2, 0) is 28.6 Å². The molecule has 0 amide bonds. The zero-order valence-corrected chi connectivity index (χ0v) is 43.7. The summed E-state index contributed by atoms with van der Waals surface area (Å²) in [4.78, 5) is 38.1. The van der Waals surface area contributed by atoms with Crippen LogP contribution in [0.3, 0.4) is 0 Å². The highest BCUT2D eigenvalue weighted by atomic mass is 16.6. The SMILES string of the molecule is CCCCC/C=C\CCCCCCCC(=O)OCC(COC(=O)CCCCCCCC/C=C\C/C=C\C/C=C\CCCCCCC)OC(=O)CCCCCCC/C=C\CCCCCCCC. The second kappa shape index (κ2) is 54.7. The van der Waals surface area contributed by atoms with Gasteiger partial charge in [0.1, 0.15) is 13.2 Å². The molecule has 6 heteroatoms. The van der Waals surface area contributed by atoms with E-state index in [4.69, 9.17) is 14.2 Å². The molecule has 66 heavy (non-hydrogen) atoms. The molecular weight excluding hydrogens is 817 g/mol. The van der Waals surface area contributed by atoms with Crippen LogP contribution < -0.4 is 0 Å². The van der Waals surface area contributed by atoms with Crippen molar-refractivity contribution in [2.24, 2.45) is 0 Å². The van der Waals surface area contributed by atoms with Crippen LogP contribution in [0.5, 0.6) is 0 Å². The van der Waals surface area contributed by atoms with Gasteiger partial charge in [0.05, 0.1) is 0 Å². The van der Waals surface area contributed by atoms with Gasteiger partial charge in [-0.15, -0.1) is 0 Å². The van der Waals surface area contributed by atoms with Gasteiger partial charge in [-0.05, 0) is 109 Å². The topological polar surface area (TPSA) is 78.9 Å². The summed E-state index contributed by atoms with van der Waals surface area (Å²) in [6, 6.07) is 0. The van der Waals surface area contributed by atoms with Crippen molar-refractivity contribution in [3.05, 3.63) is 60.8 Å². The Morgan fingerprint density at radius 3 is 0.894 bits per heavy atom. The summed E-state index contributed by atoms with van der Waals surface area (Å²) in [6.07, 6.45) is 67.8. The van der Waals surface area contributed by atoms with Crippen LogP contribution >= 0.6 is 0 Å². The molecule has 0 saturated heterocycles. The van der Waals surface area contributed by atoms with E-state index in [0.29, 0.717) is 19.3 Å². The van der Waals surface area contributed by atoms with Crippen molar-refractivity contribution < 1.29 is 28.6 Å². The van der Waals surface area contributed by atoms with Gasteiger partial charge in [-0.1, -0.05) is 216 Å². The lowest BCUT2D eigenvalue weighted by Gasteiger charge is -2.18. The van der Waals surface area contributed by atoms with E-state index < -0.39 is 6.10 Å². The Balaban J connectivity index is 4.37. The number of allylic oxidation sites excluding steroid dienone is 10. The summed E-state index contributed by atoms with van der Waals surface area (Å²) in [5, 5.41) is 0. The summed E-state index contributed by atoms with van der Waals surface area (Å²) in [5.41, 5.74) is 0. The molecule has 0 heterocycles. The molecule has 382 valence electrons. The summed E-state index contributed by atoms with van der Waals surface area (Å²) < 4.78 is 16.8. The summed E-state index contributed by atoms with van der Waals surface area (Å²) >= 11 is 0. The maximum Gasteiger partial charge on any atom is 0.306 e. The van der Waals surface area contributed by atoms with E-state index in [1.54, 1.807) is 0 Å². The maximum absolute atomic E-state index is 12.8. The second-order valence-corrected chi connectivity index (χ2v) is 18.8. The van der Waals surface area contributed by atoms with Crippen molar-refractivity contribution in [3.63, 3.8) is 0 Å². The lowest BCUT2D eigenvalue weighted by atomic mass is 10.1. The molecule has 6 nitrogen and oxygen atoms in total. The van der Waals surface area contributed by atoms with E-state index >= 15 is 0 Å². The number of hydrogen-bond donors (Lipinski definition) is 0. The molecule has 0 aliphatic rings. The molecule has 0 aromatic carbocycles. The molecule has 0 aliphatic heterocycles. The molecule has 0 radical (unpaired) electrons. The number of carbonyl (C=O) groups excluding carboxylic acids is 3. The van der Waals surface area contributed by atoms with Crippen LogP contribution in [0.2, 0.25) is 0 Å². The molecule has 0 saturated carbocycles.